The molecule has 2 aromatic rings. The van der Waals surface area contributed by atoms with Crippen LogP contribution < -0.4 is 5.32 Å². The van der Waals surface area contributed by atoms with E-state index in [0.29, 0.717) is 5.56 Å². The molecule has 1 unspecified atom stereocenters. The predicted octanol–water partition coefficient (Wildman–Crippen LogP) is 2.23. The maximum atomic E-state index is 14.9. The number of hydrogen-bond donors (Lipinski definition) is 7. The molecule has 3 aliphatic carbocycles. The van der Waals surface area contributed by atoms with Gasteiger partial charge in [-0.3, -0.25) is 9.59 Å². The van der Waals surface area contributed by atoms with Gasteiger partial charge >= 0.3 is 24.0 Å². The zero-order valence-corrected chi connectivity index (χ0v) is 36.2. The topological polar surface area (TPSA) is 265 Å². The molecule has 4 aliphatic rings. The molecule has 3 fully saturated rings. The number of carbonyl (C=O) groups excluding carboxylic acids is 5. The largest absolute Gasteiger partial charge is 0.456 e. The molecule has 1 amide bonds. The van der Waals surface area contributed by atoms with E-state index in [2.05, 4.69) is 5.32 Å². The minimum atomic E-state index is -2.35. The van der Waals surface area contributed by atoms with Gasteiger partial charge in [-0.2, -0.15) is 0 Å². The normalized spacial score (nSPS) is 32.0. The van der Waals surface area contributed by atoms with Crippen LogP contribution in [0.15, 0.2) is 71.8 Å². The van der Waals surface area contributed by atoms with E-state index in [1.807, 2.05) is 0 Å². The second kappa shape index (κ2) is 18.2. The average molecular weight is 870 g/mol. The molecule has 6 rings (SSSR count). The molecule has 1 aliphatic heterocycles. The average Bonchev–Trinajstić information content (AvgIpc) is 3.20. The number of aliphatic hydroxyl groups excluding tert-OH is 5. The smallest absolute Gasteiger partial charge is 0.408 e. The number of benzene rings is 2. The van der Waals surface area contributed by atoms with Gasteiger partial charge in [-0.05, 0) is 63.5 Å². The van der Waals surface area contributed by atoms with Crippen molar-refractivity contribution in [3.05, 3.63) is 82.9 Å². The third-order valence-corrected chi connectivity index (χ3v) is 12.7. The molecule has 1 saturated heterocycles. The number of ether oxygens (including phenoxy) is 5. The van der Waals surface area contributed by atoms with Gasteiger partial charge in [0.15, 0.2) is 17.5 Å². The zero-order chi connectivity index (χ0) is 46.2. The molecule has 1 heterocycles. The van der Waals surface area contributed by atoms with Crippen LogP contribution in [0.3, 0.4) is 0 Å². The Labute approximate surface area is 360 Å². The Bertz CT molecular complexity index is 2010. The fourth-order valence-corrected chi connectivity index (χ4v) is 9.56. The molecule has 2 bridgehead atoms. The molecule has 62 heavy (non-hydrogen) atoms. The van der Waals surface area contributed by atoms with Crippen molar-refractivity contribution in [2.24, 2.45) is 16.7 Å². The van der Waals surface area contributed by atoms with Crippen molar-refractivity contribution in [2.75, 3.05) is 19.8 Å². The van der Waals surface area contributed by atoms with E-state index in [9.17, 15) is 44.4 Å². The summed E-state index contributed by atoms with van der Waals surface area (Å²) in [5.74, 6) is -5.36. The molecule has 0 aromatic heterocycles. The lowest BCUT2D eigenvalue weighted by molar-refractivity contribution is -0.346. The highest BCUT2D eigenvalue weighted by molar-refractivity contribution is 5.94. The molecule has 17 nitrogen and oxygen atoms in total. The van der Waals surface area contributed by atoms with E-state index in [-0.39, 0.29) is 43.0 Å². The molecular weight excluding hydrogens is 810 g/mol. The van der Waals surface area contributed by atoms with Gasteiger partial charge in [-0.1, -0.05) is 62.4 Å². The fourth-order valence-electron chi connectivity index (χ4n) is 9.56. The lowest BCUT2D eigenvalue weighted by Crippen LogP contribution is -2.81. The van der Waals surface area contributed by atoms with E-state index in [0.717, 1.165) is 6.92 Å². The molecule has 0 spiro atoms. The third-order valence-electron chi connectivity index (χ3n) is 12.7. The summed E-state index contributed by atoms with van der Waals surface area (Å²) in [4.78, 5) is 68.9. The van der Waals surface area contributed by atoms with Gasteiger partial charge in [-0.25, -0.2) is 14.4 Å². The van der Waals surface area contributed by atoms with E-state index >= 15 is 0 Å². The summed E-state index contributed by atoms with van der Waals surface area (Å²) in [5, 5.41) is 66.8. The molecule has 340 valence electrons. The van der Waals surface area contributed by atoms with Crippen LogP contribution in [-0.2, 0) is 38.1 Å². The quantitative estimate of drug-likeness (QED) is 0.108. The number of nitrogens with one attached hydrogen (secondary N) is 1. The van der Waals surface area contributed by atoms with Crippen LogP contribution >= 0.6 is 0 Å². The number of aliphatic hydroxyl groups is 6. The summed E-state index contributed by atoms with van der Waals surface area (Å²) in [6.45, 7) is 11.5. The lowest BCUT2D eigenvalue weighted by atomic mass is 9.44. The van der Waals surface area contributed by atoms with Crippen LogP contribution in [0.25, 0.3) is 0 Å². The van der Waals surface area contributed by atoms with Gasteiger partial charge in [-0.15, -0.1) is 0 Å². The van der Waals surface area contributed by atoms with E-state index in [4.69, 9.17) is 33.9 Å². The van der Waals surface area contributed by atoms with Gasteiger partial charge in [0, 0.05) is 25.2 Å². The van der Waals surface area contributed by atoms with Gasteiger partial charge in [0.1, 0.15) is 35.6 Å². The Balaban J connectivity index is 0.00000174. The van der Waals surface area contributed by atoms with Crippen LogP contribution in [0.4, 0.5) is 4.79 Å². The molecule has 11 atom stereocenters. The highest BCUT2D eigenvalue weighted by Gasteiger charge is 2.78. The number of rotatable bonds is 9. The summed E-state index contributed by atoms with van der Waals surface area (Å²) < 4.78 is 29.5. The second-order valence-electron chi connectivity index (χ2n) is 18.0. The SMILES string of the molecule is CC(=O)O[C@@]12CO[C@@H]1C[C@H](O)[C@@]1(C)C(=O)[C@H](O)C3=C(C)[C@@H](OC(=O)C(O)[C@@H](NC(=O)OC(C)(C)C)c4ccccc4)C[C@@](O)([C@@H](OC(=O)c4ccccc4)[C@H]21)C3(C)C.OCCO. The number of fused-ring (bicyclic) bond motifs is 5. The van der Waals surface area contributed by atoms with Gasteiger partial charge in [0.25, 0.3) is 0 Å². The summed E-state index contributed by atoms with van der Waals surface area (Å²) >= 11 is 0. The van der Waals surface area contributed by atoms with Crippen molar-refractivity contribution >= 4 is 29.8 Å². The Morgan fingerprint density at radius 1 is 0.935 bits per heavy atom. The van der Waals surface area contributed by atoms with Gasteiger partial charge in [0.05, 0.1) is 48.9 Å². The summed E-state index contributed by atoms with van der Waals surface area (Å²) in [6, 6.07) is 14.6. The fraction of sp³-hybridized carbons (Fsp3) is 0.578. The number of alkyl carbamates (subject to hydrolysis) is 1. The van der Waals surface area contributed by atoms with E-state index in [1.165, 1.54) is 26.0 Å². The highest BCUT2D eigenvalue weighted by Crippen LogP contribution is 2.64. The maximum Gasteiger partial charge on any atom is 0.408 e. The van der Waals surface area contributed by atoms with Crippen molar-refractivity contribution in [3.63, 3.8) is 0 Å². The zero-order valence-electron chi connectivity index (χ0n) is 36.2. The standard InChI is InChI=1S/C43H53NO14.C2H6O2/c1-22-26(55-37(51)32(48)30(24-15-11-9-12-16-24)44-38(52)58-39(3,4)5)20-43(53)35(56-36(50)25-17-13-10-14-18-25)33-41(8,34(49)31(47)29(22)40(43,6)7)27(46)19-28-42(33,21-54-28)57-23(2)45;3-1-2-4/h9-18,26-28,30-33,35,46-48,53H,19-21H2,1-8H3,(H,44,52);3-4H,1-2H2/t26-,27-,28+,30-,31+,32?,33-,35-,41+,42-,43+;/m0./s1. The monoisotopic (exact) mass is 869 g/mol. The lowest BCUT2D eigenvalue weighted by Gasteiger charge is -2.67. The molecule has 7 N–H and O–H groups in total. The number of hydrogen-bond acceptors (Lipinski definition) is 16. The Morgan fingerprint density at radius 3 is 2.03 bits per heavy atom. The summed E-state index contributed by atoms with van der Waals surface area (Å²) in [5.41, 5.74) is -8.14. The van der Waals surface area contributed by atoms with Crippen molar-refractivity contribution in [2.45, 2.75) is 128 Å². The minimum absolute atomic E-state index is 0.0637. The maximum absolute atomic E-state index is 14.9. The van der Waals surface area contributed by atoms with Crippen LogP contribution in [0, 0.1) is 16.7 Å². The molecular formula is C45H59NO16. The van der Waals surface area contributed by atoms with Gasteiger partial charge in [0.2, 0.25) is 0 Å². The number of carbonyl (C=O) groups is 5. The molecule has 2 aromatic carbocycles. The third kappa shape index (κ3) is 8.76. The first-order valence-electron chi connectivity index (χ1n) is 20.5. The molecule has 2 saturated carbocycles. The summed E-state index contributed by atoms with van der Waals surface area (Å²) in [7, 11) is 0. The Hall–Kier alpha value is -4.75. The molecule has 17 heteroatoms. The Morgan fingerprint density at radius 2 is 1.52 bits per heavy atom. The van der Waals surface area contributed by atoms with E-state index < -0.39 is 112 Å². The first-order valence-corrected chi connectivity index (χ1v) is 20.5. The van der Waals surface area contributed by atoms with Crippen molar-refractivity contribution in [3.8, 4) is 0 Å². The van der Waals surface area contributed by atoms with Crippen LogP contribution in [0.2, 0.25) is 0 Å². The predicted molar refractivity (Wildman–Crippen MR) is 218 cm³/mol. The Kier molecular flexibility index (Phi) is 14.1. The van der Waals surface area contributed by atoms with E-state index in [1.54, 1.807) is 83.1 Å². The van der Waals surface area contributed by atoms with Crippen molar-refractivity contribution in [1.82, 2.24) is 5.32 Å². The minimum Gasteiger partial charge on any atom is -0.456 e. The van der Waals surface area contributed by atoms with Crippen LogP contribution in [0.1, 0.15) is 90.2 Å². The second-order valence-corrected chi connectivity index (χ2v) is 18.0. The summed E-state index contributed by atoms with van der Waals surface area (Å²) in [6.07, 6.45) is -11.5. The van der Waals surface area contributed by atoms with Crippen LogP contribution in [0.5, 0.6) is 0 Å². The van der Waals surface area contributed by atoms with Crippen molar-refractivity contribution in [1.29, 1.82) is 0 Å². The number of Topliss-reactive ketones (excluding diaryl/α,β-unsaturated/α-hetero) is 1. The number of esters is 3. The number of ketones is 1. The van der Waals surface area contributed by atoms with Crippen LogP contribution in [-0.4, -0.2) is 134 Å². The first kappa shape index (κ1) is 48.3. The highest BCUT2D eigenvalue weighted by atomic mass is 16.6. The first-order chi connectivity index (χ1) is 28.9. The number of amides is 1. The van der Waals surface area contributed by atoms with Gasteiger partial charge < -0.3 is 59.6 Å². The molecule has 0 radical (unpaired) electrons. The van der Waals surface area contributed by atoms with Crippen molar-refractivity contribution < 1.29 is 78.3 Å².